The number of anilines is 2. The average molecular weight is 324 g/mol. The molecule has 1 aliphatic heterocycles. The number of rotatable bonds is 4. The SMILES string of the molecule is O=C(O)N1CCN(c2cc(NC3CC3)c([N+](=O)[O-])cc2F)CC1. The van der Waals surface area contributed by atoms with Gasteiger partial charge in [0.2, 0.25) is 0 Å². The number of nitro benzene ring substituents is 1. The Hall–Kier alpha value is -2.58. The second-order valence-corrected chi connectivity index (χ2v) is 5.75. The van der Waals surface area contributed by atoms with Gasteiger partial charge in [-0.15, -0.1) is 0 Å². The molecule has 1 heterocycles. The summed E-state index contributed by atoms with van der Waals surface area (Å²) >= 11 is 0. The summed E-state index contributed by atoms with van der Waals surface area (Å²) in [7, 11) is 0. The molecule has 1 saturated heterocycles. The molecule has 9 heteroatoms. The highest BCUT2D eigenvalue weighted by Gasteiger charge is 2.28. The van der Waals surface area contributed by atoms with Crippen LogP contribution in [0.3, 0.4) is 0 Å². The summed E-state index contributed by atoms with van der Waals surface area (Å²) in [4.78, 5) is 24.4. The summed E-state index contributed by atoms with van der Waals surface area (Å²) in [6.07, 6.45) is 0.896. The fourth-order valence-electron chi connectivity index (χ4n) is 2.65. The molecule has 0 unspecified atom stereocenters. The monoisotopic (exact) mass is 324 g/mol. The van der Waals surface area contributed by atoms with Gasteiger partial charge in [-0.3, -0.25) is 10.1 Å². The maximum absolute atomic E-state index is 14.3. The van der Waals surface area contributed by atoms with Crippen molar-refractivity contribution in [3.8, 4) is 0 Å². The van der Waals surface area contributed by atoms with Gasteiger partial charge in [-0.25, -0.2) is 9.18 Å². The average Bonchev–Trinajstić information content (AvgIpc) is 3.32. The number of amides is 1. The minimum absolute atomic E-state index is 0.205. The Morgan fingerprint density at radius 2 is 1.96 bits per heavy atom. The molecule has 1 aromatic rings. The first-order chi connectivity index (χ1) is 11.0. The van der Waals surface area contributed by atoms with Gasteiger partial charge >= 0.3 is 6.09 Å². The number of nitro groups is 1. The Bertz CT molecular complexity index is 642. The normalized spacial score (nSPS) is 18.0. The van der Waals surface area contributed by atoms with E-state index in [4.69, 9.17) is 5.11 Å². The molecular weight excluding hydrogens is 307 g/mol. The summed E-state index contributed by atoms with van der Waals surface area (Å²) in [5.74, 6) is -0.665. The number of hydrogen-bond acceptors (Lipinski definition) is 5. The zero-order chi connectivity index (χ0) is 16.6. The van der Waals surface area contributed by atoms with Crippen molar-refractivity contribution in [1.29, 1.82) is 0 Å². The van der Waals surface area contributed by atoms with Crippen LogP contribution in [0.25, 0.3) is 0 Å². The van der Waals surface area contributed by atoms with Crippen LogP contribution in [0.5, 0.6) is 0 Å². The molecule has 23 heavy (non-hydrogen) atoms. The minimum atomic E-state index is -0.995. The zero-order valence-electron chi connectivity index (χ0n) is 12.4. The molecule has 0 aromatic heterocycles. The first-order valence-corrected chi connectivity index (χ1v) is 7.43. The van der Waals surface area contributed by atoms with Crippen molar-refractivity contribution in [2.45, 2.75) is 18.9 Å². The van der Waals surface area contributed by atoms with E-state index in [-0.39, 0.29) is 30.5 Å². The Morgan fingerprint density at radius 1 is 1.30 bits per heavy atom. The number of halogens is 1. The quantitative estimate of drug-likeness (QED) is 0.650. The molecule has 0 atom stereocenters. The summed E-state index contributed by atoms with van der Waals surface area (Å²) < 4.78 is 14.3. The van der Waals surface area contributed by atoms with E-state index in [0.717, 1.165) is 18.9 Å². The van der Waals surface area contributed by atoms with Crippen LogP contribution in [0.15, 0.2) is 12.1 Å². The van der Waals surface area contributed by atoms with Crippen molar-refractivity contribution in [3.63, 3.8) is 0 Å². The minimum Gasteiger partial charge on any atom is -0.465 e. The van der Waals surface area contributed by atoms with Gasteiger partial charge in [0, 0.05) is 32.2 Å². The molecule has 2 N–H and O–H groups in total. The lowest BCUT2D eigenvalue weighted by molar-refractivity contribution is -0.384. The fourth-order valence-corrected chi connectivity index (χ4v) is 2.65. The van der Waals surface area contributed by atoms with E-state index in [1.165, 1.54) is 11.0 Å². The molecule has 0 bridgehead atoms. The lowest BCUT2D eigenvalue weighted by Gasteiger charge is -2.34. The van der Waals surface area contributed by atoms with E-state index in [1.54, 1.807) is 4.90 Å². The van der Waals surface area contributed by atoms with Gasteiger partial charge < -0.3 is 20.2 Å². The van der Waals surface area contributed by atoms with Crippen LogP contribution in [0.4, 0.5) is 26.2 Å². The van der Waals surface area contributed by atoms with Crippen molar-refractivity contribution in [2.24, 2.45) is 0 Å². The summed E-state index contributed by atoms with van der Waals surface area (Å²) in [6, 6.07) is 2.60. The first-order valence-electron chi connectivity index (χ1n) is 7.43. The number of benzene rings is 1. The summed E-state index contributed by atoms with van der Waals surface area (Å²) in [5.41, 5.74) is 0.306. The Labute approximate surface area is 131 Å². The topological polar surface area (TPSA) is 99.0 Å². The van der Waals surface area contributed by atoms with Crippen LogP contribution in [-0.2, 0) is 0 Å². The van der Waals surface area contributed by atoms with Crippen molar-refractivity contribution in [1.82, 2.24) is 4.90 Å². The predicted molar refractivity (Wildman–Crippen MR) is 81.5 cm³/mol. The maximum Gasteiger partial charge on any atom is 0.407 e. The highest BCUT2D eigenvalue weighted by molar-refractivity contribution is 5.71. The largest absolute Gasteiger partial charge is 0.465 e. The van der Waals surface area contributed by atoms with E-state index in [0.29, 0.717) is 18.8 Å². The number of nitrogens with zero attached hydrogens (tertiary/aromatic N) is 3. The van der Waals surface area contributed by atoms with Gasteiger partial charge in [0.1, 0.15) is 5.69 Å². The molecule has 1 aromatic carbocycles. The fraction of sp³-hybridized carbons (Fsp3) is 0.500. The molecule has 2 aliphatic rings. The van der Waals surface area contributed by atoms with E-state index in [9.17, 15) is 19.3 Å². The third-order valence-electron chi connectivity index (χ3n) is 4.09. The van der Waals surface area contributed by atoms with Crippen molar-refractivity contribution >= 4 is 23.2 Å². The van der Waals surface area contributed by atoms with Crippen LogP contribution in [0.2, 0.25) is 0 Å². The van der Waals surface area contributed by atoms with E-state index in [1.807, 2.05) is 0 Å². The third kappa shape index (κ3) is 3.27. The second-order valence-electron chi connectivity index (χ2n) is 5.75. The molecule has 124 valence electrons. The van der Waals surface area contributed by atoms with Crippen LogP contribution in [0.1, 0.15) is 12.8 Å². The van der Waals surface area contributed by atoms with Gasteiger partial charge in [-0.05, 0) is 18.9 Å². The lowest BCUT2D eigenvalue weighted by Crippen LogP contribution is -2.48. The molecule has 1 amide bonds. The van der Waals surface area contributed by atoms with Crippen LogP contribution < -0.4 is 10.2 Å². The van der Waals surface area contributed by atoms with E-state index in [2.05, 4.69) is 5.32 Å². The number of hydrogen-bond donors (Lipinski definition) is 2. The molecule has 0 spiro atoms. The number of carbonyl (C=O) groups is 1. The number of carboxylic acid groups (broad SMARTS) is 1. The Balaban J connectivity index is 1.84. The van der Waals surface area contributed by atoms with Crippen LogP contribution >= 0.6 is 0 Å². The highest BCUT2D eigenvalue weighted by atomic mass is 19.1. The van der Waals surface area contributed by atoms with E-state index < -0.39 is 16.8 Å². The molecule has 0 radical (unpaired) electrons. The van der Waals surface area contributed by atoms with Gasteiger partial charge in [-0.1, -0.05) is 0 Å². The zero-order valence-corrected chi connectivity index (χ0v) is 12.4. The second kappa shape index (κ2) is 5.90. The third-order valence-corrected chi connectivity index (χ3v) is 4.09. The Morgan fingerprint density at radius 3 is 2.48 bits per heavy atom. The molecule has 3 rings (SSSR count). The van der Waals surface area contributed by atoms with Gasteiger partial charge in [0.15, 0.2) is 5.82 Å². The molecule has 8 nitrogen and oxygen atoms in total. The van der Waals surface area contributed by atoms with Gasteiger partial charge in [0.25, 0.3) is 5.69 Å². The molecular formula is C14H17FN4O4. The smallest absolute Gasteiger partial charge is 0.407 e. The Kier molecular flexibility index (Phi) is 3.93. The standard InChI is InChI=1S/C14H17FN4O4/c15-10-7-13(19(22)23)11(16-9-1-2-9)8-12(10)17-3-5-18(6-4-17)14(20)21/h7-9,16H,1-6H2,(H,20,21). The highest BCUT2D eigenvalue weighted by Crippen LogP contribution is 2.36. The first kappa shape index (κ1) is 15.3. The molecule has 1 saturated carbocycles. The summed E-state index contributed by atoms with van der Waals surface area (Å²) in [5, 5.41) is 23.1. The van der Waals surface area contributed by atoms with Crippen molar-refractivity contribution in [3.05, 3.63) is 28.1 Å². The van der Waals surface area contributed by atoms with Crippen molar-refractivity contribution < 1.29 is 19.2 Å². The predicted octanol–water partition coefficient (Wildman–Crippen LogP) is 2.11. The number of nitrogens with one attached hydrogen (secondary N) is 1. The molecule has 1 aliphatic carbocycles. The summed E-state index contributed by atoms with van der Waals surface area (Å²) in [6.45, 7) is 1.25. The van der Waals surface area contributed by atoms with Crippen LogP contribution in [-0.4, -0.2) is 53.2 Å². The number of piperazine rings is 1. The van der Waals surface area contributed by atoms with E-state index >= 15 is 0 Å². The maximum atomic E-state index is 14.3. The van der Waals surface area contributed by atoms with Crippen LogP contribution in [0, 0.1) is 15.9 Å². The van der Waals surface area contributed by atoms with Crippen molar-refractivity contribution in [2.75, 3.05) is 36.4 Å². The van der Waals surface area contributed by atoms with Gasteiger partial charge in [0.05, 0.1) is 16.7 Å². The lowest BCUT2D eigenvalue weighted by atomic mass is 10.2. The molecule has 2 fully saturated rings. The van der Waals surface area contributed by atoms with Gasteiger partial charge in [-0.2, -0.15) is 0 Å².